The van der Waals surface area contributed by atoms with E-state index in [0.29, 0.717) is 10.6 Å². The van der Waals surface area contributed by atoms with Gasteiger partial charge in [-0.3, -0.25) is 9.59 Å². The summed E-state index contributed by atoms with van der Waals surface area (Å²) in [5.74, 6) is -1.17. The van der Waals surface area contributed by atoms with Crippen LogP contribution in [0.1, 0.15) is 38.4 Å². The van der Waals surface area contributed by atoms with Crippen molar-refractivity contribution < 1.29 is 18.0 Å². The summed E-state index contributed by atoms with van der Waals surface area (Å²) < 4.78 is 27.5. The number of anilines is 1. The van der Waals surface area contributed by atoms with Crippen molar-refractivity contribution in [2.45, 2.75) is 30.7 Å². The molecule has 0 aliphatic heterocycles. The molecule has 1 fully saturated rings. The first-order valence-corrected chi connectivity index (χ1v) is 12.0. The van der Waals surface area contributed by atoms with E-state index in [1.54, 1.807) is 0 Å². The van der Waals surface area contributed by atoms with E-state index >= 15 is 0 Å². The van der Waals surface area contributed by atoms with Gasteiger partial charge in [0.25, 0.3) is 11.8 Å². The molecule has 3 aromatic rings. The van der Waals surface area contributed by atoms with E-state index < -0.39 is 21.8 Å². The molecule has 9 heteroatoms. The van der Waals surface area contributed by atoms with Crippen LogP contribution in [0.3, 0.4) is 0 Å². The highest BCUT2D eigenvalue weighted by atomic mass is 32.2. The first-order valence-electron chi connectivity index (χ1n) is 9.68. The molecule has 0 spiro atoms. The Hall–Kier alpha value is -3.01. The third-order valence-electron chi connectivity index (χ3n) is 4.93. The van der Waals surface area contributed by atoms with Gasteiger partial charge in [-0.25, -0.2) is 13.1 Å². The zero-order valence-corrected chi connectivity index (χ0v) is 18.3. The molecule has 1 saturated carbocycles. The van der Waals surface area contributed by atoms with E-state index in [1.165, 1.54) is 35.6 Å². The predicted octanol–water partition coefficient (Wildman–Crippen LogP) is 3.52. The van der Waals surface area contributed by atoms with Crippen LogP contribution in [0.4, 0.5) is 5.00 Å². The summed E-state index contributed by atoms with van der Waals surface area (Å²) in [7, 11) is -3.69. The van der Waals surface area contributed by atoms with E-state index in [0.717, 1.165) is 23.3 Å². The summed E-state index contributed by atoms with van der Waals surface area (Å²) in [5, 5.41) is 3.07. The van der Waals surface area contributed by atoms with Gasteiger partial charge in [0, 0.05) is 22.0 Å². The summed E-state index contributed by atoms with van der Waals surface area (Å²) in [6.45, 7) is 1.85. The second-order valence-corrected chi connectivity index (χ2v) is 10.3. The molecule has 1 aliphatic rings. The number of amides is 2. The highest BCUT2D eigenvalue weighted by molar-refractivity contribution is 7.89. The number of sulfonamides is 1. The minimum absolute atomic E-state index is 0.0227. The molecule has 160 valence electrons. The number of primary amides is 1. The number of nitrogens with two attached hydrogens (primary N) is 1. The zero-order chi connectivity index (χ0) is 22.2. The van der Waals surface area contributed by atoms with E-state index in [-0.39, 0.29) is 22.1 Å². The highest BCUT2D eigenvalue weighted by Crippen LogP contribution is 2.39. The van der Waals surface area contributed by atoms with Crippen LogP contribution in [-0.4, -0.2) is 26.3 Å². The quantitative estimate of drug-likeness (QED) is 0.505. The number of hydrogen-bond acceptors (Lipinski definition) is 5. The van der Waals surface area contributed by atoms with Crippen LogP contribution in [0.15, 0.2) is 59.5 Å². The van der Waals surface area contributed by atoms with Crippen LogP contribution >= 0.6 is 11.3 Å². The number of thiophene rings is 1. The van der Waals surface area contributed by atoms with E-state index in [2.05, 4.69) is 10.0 Å². The maximum atomic E-state index is 12.9. The molecule has 2 aromatic carbocycles. The van der Waals surface area contributed by atoms with Crippen molar-refractivity contribution in [2.75, 3.05) is 5.32 Å². The largest absolute Gasteiger partial charge is 0.365 e. The molecule has 4 rings (SSSR count). The lowest BCUT2D eigenvalue weighted by molar-refractivity contribution is 0.100. The lowest BCUT2D eigenvalue weighted by Crippen LogP contribution is -2.26. The number of nitrogens with one attached hydrogen (secondary N) is 2. The Morgan fingerprint density at radius 3 is 2.42 bits per heavy atom. The predicted molar refractivity (Wildman–Crippen MR) is 121 cm³/mol. The molecule has 1 heterocycles. The smallest absolute Gasteiger partial charge is 0.256 e. The molecular weight excluding hydrogens is 434 g/mol. The van der Waals surface area contributed by atoms with Gasteiger partial charge >= 0.3 is 0 Å². The highest BCUT2D eigenvalue weighted by Gasteiger charge is 2.28. The Kier molecular flexibility index (Phi) is 5.65. The molecule has 0 atom stereocenters. The Morgan fingerprint density at radius 2 is 1.77 bits per heavy atom. The van der Waals surface area contributed by atoms with Crippen molar-refractivity contribution in [2.24, 2.45) is 5.73 Å². The Morgan fingerprint density at radius 1 is 1.06 bits per heavy atom. The van der Waals surface area contributed by atoms with E-state index in [1.807, 2.05) is 37.3 Å². The molecule has 2 amide bonds. The number of rotatable bonds is 7. The van der Waals surface area contributed by atoms with E-state index in [9.17, 15) is 18.0 Å². The van der Waals surface area contributed by atoms with Crippen molar-refractivity contribution in [1.82, 2.24) is 4.72 Å². The monoisotopic (exact) mass is 455 g/mol. The lowest BCUT2D eigenvalue weighted by atomic mass is 10.0. The number of carbonyl (C=O) groups is 2. The third kappa shape index (κ3) is 4.53. The standard InChI is InChI=1S/C22H21N3O4S2/c1-13-18(14-6-3-2-4-7-14)19(20(23)26)22(30-13)24-21(27)15-8-5-9-17(12-15)31(28,29)25-16-10-11-16/h2-9,12,16,25H,10-11H2,1H3,(H2,23,26)(H,24,27). The average molecular weight is 456 g/mol. The minimum atomic E-state index is -3.69. The van der Waals surface area contributed by atoms with Crippen molar-refractivity contribution >= 4 is 38.2 Å². The van der Waals surface area contributed by atoms with Gasteiger partial charge in [0.05, 0.1) is 10.5 Å². The lowest BCUT2D eigenvalue weighted by Gasteiger charge is -2.09. The molecule has 31 heavy (non-hydrogen) atoms. The van der Waals surface area contributed by atoms with Gasteiger partial charge in [0.1, 0.15) is 5.00 Å². The molecule has 1 aliphatic carbocycles. The second kappa shape index (κ2) is 8.26. The van der Waals surface area contributed by atoms with Crippen LogP contribution in [0.5, 0.6) is 0 Å². The van der Waals surface area contributed by atoms with Crippen molar-refractivity contribution in [3.63, 3.8) is 0 Å². The van der Waals surface area contributed by atoms with Crippen LogP contribution in [0.25, 0.3) is 11.1 Å². The van der Waals surface area contributed by atoms with Gasteiger partial charge in [0.2, 0.25) is 10.0 Å². The molecular formula is C22H21N3O4S2. The summed E-state index contributed by atoms with van der Waals surface area (Å²) in [5.41, 5.74) is 7.55. The van der Waals surface area contributed by atoms with Gasteiger partial charge in [-0.15, -0.1) is 11.3 Å². The number of aryl methyl sites for hydroxylation is 1. The summed E-state index contributed by atoms with van der Waals surface area (Å²) in [6, 6.07) is 15.1. The van der Waals surface area contributed by atoms with Gasteiger partial charge in [-0.2, -0.15) is 0 Å². The number of carbonyl (C=O) groups excluding carboxylic acids is 2. The van der Waals surface area contributed by atoms with Gasteiger partial charge in [0.15, 0.2) is 0 Å². The van der Waals surface area contributed by atoms with Crippen LogP contribution in [0, 0.1) is 6.92 Å². The number of benzene rings is 2. The summed E-state index contributed by atoms with van der Waals surface area (Å²) >= 11 is 1.25. The maximum Gasteiger partial charge on any atom is 0.256 e. The van der Waals surface area contributed by atoms with Crippen molar-refractivity contribution in [1.29, 1.82) is 0 Å². The molecule has 4 N–H and O–H groups in total. The summed E-state index contributed by atoms with van der Waals surface area (Å²) in [6.07, 6.45) is 1.63. The second-order valence-electron chi connectivity index (χ2n) is 7.35. The molecule has 7 nitrogen and oxygen atoms in total. The Balaban J connectivity index is 1.65. The zero-order valence-electron chi connectivity index (χ0n) is 16.7. The topological polar surface area (TPSA) is 118 Å². The first-order chi connectivity index (χ1) is 14.8. The minimum Gasteiger partial charge on any atom is -0.365 e. The molecule has 1 aromatic heterocycles. The Labute approximate surface area is 184 Å². The normalized spacial score (nSPS) is 13.7. The third-order valence-corrected chi connectivity index (χ3v) is 7.46. The number of hydrogen-bond donors (Lipinski definition) is 3. The first kappa shape index (κ1) is 21.2. The SMILES string of the molecule is Cc1sc(NC(=O)c2cccc(S(=O)(=O)NC3CC3)c2)c(C(N)=O)c1-c1ccccc1. The van der Waals surface area contributed by atoms with Gasteiger partial charge < -0.3 is 11.1 Å². The van der Waals surface area contributed by atoms with Crippen LogP contribution < -0.4 is 15.8 Å². The molecule has 0 saturated heterocycles. The molecule has 0 bridgehead atoms. The fraction of sp³-hybridized carbons (Fsp3) is 0.182. The molecule has 0 unspecified atom stereocenters. The van der Waals surface area contributed by atoms with Gasteiger partial charge in [-0.1, -0.05) is 36.4 Å². The van der Waals surface area contributed by atoms with E-state index in [4.69, 9.17) is 5.73 Å². The van der Waals surface area contributed by atoms with Crippen LogP contribution in [-0.2, 0) is 10.0 Å². The fourth-order valence-corrected chi connectivity index (χ4v) is 5.72. The maximum absolute atomic E-state index is 12.9. The summed E-state index contributed by atoms with van der Waals surface area (Å²) in [4.78, 5) is 26.0. The van der Waals surface area contributed by atoms with Crippen LogP contribution in [0.2, 0.25) is 0 Å². The fourth-order valence-electron chi connectivity index (χ4n) is 3.29. The van der Waals surface area contributed by atoms with Crippen molar-refractivity contribution in [3.05, 3.63) is 70.6 Å². The Bertz CT molecular complexity index is 1260. The molecule has 0 radical (unpaired) electrons. The van der Waals surface area contributed by atoms with Gasteiger partial charge in [-0.05, 0) is 43.5 Å². The van der Waals surface area contributed by atoms with Crippen molar-refractivity contribution in [3.8, 4) is 11.1 Å². The average Bonchev–Trinajstić information content (AvgIpc) is 3.48.